The van der Waals surface area contributed by atoms with E-state index in [-0.39, 0.29) is 12.3 Å². The van der Waals surface area contributed by atoms with E-state index >= 15 is 0 Å². The molecule has 0 saturated heterocycles. The molecule has 2 nitrogen and oxygen atoms in total. The molecular weight excluding hydrogens is 124 g/mol. The quantitative estimate of drug-likeness (QED) is 0.587. The van der Waals surface area contributed by atoms with Crippen molar-refractivity contribution in [2.75, 3.05) is 0 Å². The lowest BCUT2D eigenvalue weighted by Crippen LogP contribution is -2.14. The Morgan fingerprint density at radius 2 is 1.50 bits per heavy atom. The molecule has 0 rings (SSSR count). The molecule has 0 aromatic rings. The van der Waals surface area contributed by atoms with Gasteiger partial charge in [-0.25, -0.2) is 0 Å². The van der Waals surface area contributed by atoms with Gasteiger partial charge in [0.05, 0.1) is 0 Å². The Morgan fingerprint density at radius 3 is 1.50 bits per heavy atom. The smallest absolute Gasteiger partial charge is 0.0155 e. The molecular formula is C8H22N2. The van der Waals surface area contributed by atoms with Gasteiger partial charge in [-0.1, -0.05) is 33.8 Å². The van der Waals surface area contributed by atoms with Crippen LogP contribution >= 0.6 is 0 Å². The minimum Gasteiger partial charge on any atom is -0.344 e. The molecule has 0 amide bonds. The van der Waals surface area contributed by atoms with E-state index in [4.69, 9.17) is 0 Å². The topological polar surface area (TPSA) is 70.0 Å². The predicted octanol–water partition coefficient (Wildman–Crippen LogP) is 3.18. The van der Waals surface area contributed by atoms with Crippen molar-refractivity contribution in [3.63, 3.8) is 0 Å². The number of hydrogen-bond acceptors (Lipinski definition) is 2. The highest BCUT2D eigenvalue weighted by Crippen LogP contribution is 2.26. The van der Waals surface area contributed by atoms with Gasteiger partial charge in [-0.15, -0.1) is 6.58 Å². The van der Waals surface area contributed by atoms with Gasteiger partial charge in [-0.05, 0) is 11.3 Å². The molecule has 10 heavy (non-hydrogen) atoms. The summed E-state index contributed by atoms with van der Waals surface area (Å²) in [7, 11) is 0. The van der Waals surface area contributed by atoms with Crippen LogP contribution in [0.3, 0.4) is 0 Å². The number of rotatable bonds is 2. The van der Waals surface area contributed by atoms with Gasteiger partial charge < -0.3 is 12.3 Å². The number of allylic oxidation sites excluding steroid dienone is 1. The molecule has 0 atom stereocenters. The zero-order valence-corrected chi connectivity index (χ0v) is 7.78. The van der Waals surface area contributed by atoms with Crippen LogP contribution in [-0.4, -0.2) is 0 Å². The highest BCUT2D eigenvalue weighted by atomic mass is 14.2. The molecule has 0 radical (unpaired) electrons. The Kier molecular flexibility index (Phi) is 8.89. The van der Waals surface area contributed by atoms with Gasteiger partial charge in [0.2, 0.25) is 0 Å². The predicted molar refractivity (Wildman–Crippen MR) is 48.9 cm³/mol. The van der Waals surface area contributed by atoms with Gasteiger partial charge in [-0.2, -0.15) is 0 Å². The van der Waals surface area contributed by atoms with Crippen LogP contribution in [0.4, 0.5) is 0 Å². The van der Waals surface area contributed by atoms with Crippen LogP contribution in [0.1, 0.15) is 27.7 Å². The zero-order valence-electron chi connectivity index (χ0n) is 7.78. The van der Waals surface area contributed by atoms with Gasteiger partial charge >= 0.3 is 0 Å². The molecule has 0 bridgehead atoms. The molecule has 0 fully saturated rings. The van der Waals surface area contributed by atoms with Crippen molar-refractivity contribution in [3.8, 4) is 0 Å². The third kappa shape index (κ3) is 4.53. The van der Waals surface area contributed by atoms with E-state index < -0.39 is 0 Å². The average Bonchev–Trinajstić information content (AvgIpc) is 1.67. The molecule has 0 aliphatic carbocycles. The Bertz CT molecular complexity index is 85.3. The van der Waals surface area contributed by atoms with E-state index in [1.807, 2.05) is 6.08 Å². The summed E-state index contributed by atoms with van der Waals surface area (Å²) in [6, 6.07) is 0. The number of hydrogen-bond donors (Lipinski definition) is 2. The standard InChI is InChI=1S/C8H16.2H3N/c1-6-8(4,5)7(2)3;;/h6-7H,1H2,2-5H3;2*1H3. The lowest BCUT2D eigenvalue weighted by Gasteiger charge is -2.24. The first-order chi connectivity index (χ1) is 3.50. The Balaban J connectivity index is -0.000000245. The van der Waals surface area contributed by atoms with Crippen molar-refractivity contribution in [2.24, 2.45) is 11.3 Å². The average molecular weight is 146 g/mol. The summed E-state index contributed by atoms with van der Waals surface area (Å²) in [5, 5.41) is 0. The molecule has 64 valence electrons. The van der Waals surface area contributed by atoms with Gasteiger partial charge in [0, 0.05) is 0 Å². The van der Waals surface area contributed by atoms with Crippen LogP contribution in [0.15, 0.2) is 12.7 Å². The van der Waals surface area contributed by atoms with Crippen molar-refractivity contribution in [1.82, 2.24) is 12.3 Å². The highest BCUT2D eigenvalue weighted by Gasteiger charge is 2.16. The van der Waals surface area contributed by atoms with Crippen molar-refractivity contribution in [2.45, 2.75) is 27.7 Å². The highest BCUT2D eigenvalue weighted by molar-refractivity contribution is 4.89. The fourth-order valence-electron chi connectivity index (χ4n) is 0.236. The second-order valence-electron chi connectivity index (χ2n) is 3.18. The molecule has 0 aromatic heterocycles. The maximum atomic E-state index is 3.75. The van der Waals surface area contributed by atoms with Crippen molar-refractivity contribution in [1.29, 1.82) is 0 Å². The molecule has 0 spiro atoms. The summed E-state index contributed by atoms with van der Waals surface area (Å²) in [5.41, 5.74) is 0.306. The van der Waals surface area contributed by atoms with E-state index in [9.17, 15) is 0 Å². The summed E-state index contributed by atoms with van der Waals surface area (Å²) in [4.78, 5) is 0. The van der Waals surface area contributed by atoms with E-state index in [1.165, 1.54) is 0 Å². The van der Waals surface area contributed by atoms with Crippen LogP contribution in [0.5, 0.6) is 0 Å². The molecule has 2 heteroatoms. The summed E-state index contributed by atoms with van der Waals surface area (Å²) >= 11 is 0. The van der Waals surface area contributed by atoms with E-state index in [1.54, 1.807) is 0 Å². The zero-order chi connectivity index (χ0) is 6.78. The van der Waals surface area contributed by atoms with E-state index in [0.29, 0.717) is 11.3 Å². The van der Waals surface area contributed by atoms with Crippen molar-refractivity contribution < 1.29 is 0 Å². The maximum Gasteiger partial charge on any atom is -0.0155 e. The van der Waals surface area contributed by atoms with Gasteiger partial charge in [-0.3, -0.25) is 0 Å². The molecule has 0 heterocycles. The van der Waals surface area contributed by atoms with Crippen LogP contribution in [0, 0.1) is 11.3 Å². The largest absolute Gasteiger partial charge is 0.344 e. The first kappa shape index (κ1) is 16.3. The van der Waals surface area contributed by atoms with Crippen LogP contribution in [-0.2, 0) is 0 Å². The van der Waals surface area contributed by atoms with E-state index in [0.717, 1.165) is 0 Å². The second kappa shape index (κ2) is 5.45. The fraction of sp³-hybridized carbons (Fsp3) is 0.750. The summed E-state index contributed by atoms with van der Waals surface area (Å²) < 4.78 is 0. The third-order valence-corrected chi connectivity index (χ3v) is 2.01. The van der Waals surface area contributed by atoms with Crippen molar-refractivity contribution >= 4 is 0 Å². The first-order valence-electron chi connectivity index (χ1n) is 3.14. The normalized spacial score (nSPS) is 9.70. The fourth-order valence-corrected chi connectivity index (χ4v) is 0.236. The molecule has 0 aliphatic heterocycles. The minimum atomic E-state index is 0. The SMILES string of the molecule is C=CC(C)(C)C(C)C.N.N. The van der Waals surface area contributed by atoms with Gasteiger partial charge in [0.15, 0.2) is 0 Å². The Morgan fingerprint density at radius 1 is 1.20 bits per heavy atom. The lowest BCUT2D eigenvalue weighted by molar-refractivity contribution is 0.334. The third-order valence-electron chi connectivity index (χ3n) is 2.01. The summed E-state index contributed by atoms with van der Waals surface area (Å²) in [5.74, 6) is 0.694. The van der Waals surface area contributed by atoms with Crippen LogP contribution in [0.2, 0.25) is 0 Å². The van der Waals surface area contributed by atoms with E-state index in [2.05, 4.69) is 34.3 Å². The lowest BCUT2D eigenvalue weighted by atomic mass is 9.82. The Hall–Kier alpha value is -0.340. The van der Waals surface area contributed by atoms with Crippen LogP contribution in [0.25, 0.3) is 0 Å². The molecule has 0 aromatic carbocycles. The van der Waals surface area contributed by atoms with Crippen LogP contribution < -0.4 is 12.3 Å². The minimum absolute atomic E-state index is 0. The van der Waals surface area contributed by atoms with Gasteiger partial charge in [0.1, 0.15) is 0 Å². The second-order valence-corrected chi connectivity index (χ2v) is 3.18. The summed E-state index contributed by atoms with van der Waals surface area (Å²) in [6.45, 7) is 12.6. The molecule has 0 unspecified atom stereocenters. The monoisotopic (exact) mass is 146 g/mol. The molecule has 6 N–H and O–H groups in total. The van der Waals surface area contributed by atoms with Gasteiger partial charge in [0.25, 0.3) is 0 Å². The van der Waals surface area contributed by atoms with Crippen molar-refractivity contribution in [3.05, 3.63) is 12.7 Å². The maximum absolute atomic E-state index is 3.75. The summed E-state index contributed by atoms with van der Waals surface area (Å²) in [6.07, 6.45) is 2.01. The molecule has 0 saturated carbocycles. The first-order valence-corrected chi connectivity index (χ1v) is 3.14. The molecule has 0 aliphatic rings. The Labute approximate surface area is 64.9 Å².